The second-order valence-corrected chi connectivity index (χ2v) is 5.70. The fourth-order valence-electron chi connectivity index (χ4n) is 2.06. The maximum atomic E-state index is 5.96. The first kappa shape index (κ1) is 14.2. The molecule has 0 N–H and O–H groups in total. The van der Waals surface area contributed by atoms with Crippen LogP contribution in [0.25, 0.3) is 0 Å². The van der Waals surface area contributed by atoms with E-state index in [1.165, 1.54) is 16.7 Å². The van der Waals surface area contributed by atoms with Gasteiger partial charge >= 0.3 is 0 Å². The fraction of sp³-hybridized carbons (Fsp3) is 0.176. The molecule has 0 atom stereocenters. The Balaban J connectivity index is 2.44. The summed E-state index contributed by atoms with van der Waals surface area (Å²) in [6, 6.07) is 16.0. The Kier molecular flexibility index (Phi) is 4.68. The van der Waals surface area contributed by atoms with Crippen LogP contribution in [0.4, 0.5) is 0 Å². The van der Waals surface area contributed by atoms with Crippen molar-refractivity contribution in [3.05, 3.63) is 81.4 Å². The largest absolute Gasteiger partial charge is 0.0843 e. The minimum absolute atomic E-state index is 0.236. The van der Waals surface area contributed by atoms with Gasteiger partial charge in [0.1, 0.15) is 0 Å². The van der Waals surface area contributed by atoms with Crippen LogP contribution < -0.4 is 0 Å². The van der Waals surface area contributed by atoms with Crippen molar-refractivity contribution in [2.24, 2.45) is 0 Å². The van der Waals surface area contributed by atoms with Gasteiger partial charge in [0.05, 0.1) is 0 Å². The minimum Gasteiger partial charge on any atom is -0.0843 e. The summed E-state index contributed by atoms with van der Waals surface area (Å²) in [4.78, 5) is 0. The molecule has 2 aromatic carbocycles. The van der Waals surface area contributed by atoms with Crippen LogP contribution in [0, 0.1) is 0 Å². The summed E-state index contributed by atoms with van der Waals surface area (Å²) < 4.78 is 0. The molecule has 0 heterocycles. The van der Waals surface area contributed by atoms with Gasteiger partial charge in [-0.2, -0.15) is 0 Å². The lowest BCUT2D eigenvalue weighted by Gasteiger charge is -2.15. The molecule has 0 nitrogen and oxygen atoms in total. The van der Waals surface area contributed by atoms with Crippen molar-refractivity contribution >= 4 is 23.2 Å². The first-order chi connectivity index (χ1) is 9.06. The van der Waals surface area contributed by atoms with Gasteiger partial charge < -0.3 is 0 Å². The van der Waals surface area contributed by atoms with Crippen LogP contribution in [-0.2, 0) is 0 Å². The highest BCUT2D eigenvalue weighted by Gasteiger charge is 2.11. The lowest BCUT2D eigenvalue weighted by Crippen LogP contribution is -1.98. The van der Waals surface area contributed by atoms with Crippen LogP contribution in [0.2, 0.25) is 10.0 Å². The molecule has 2 heteroatoms. The van der Waals surface area contributed by atoms with E-state index in [0.717, 1.165) is 10.0 Å². The predicted molar refractivity (Wildman–Crippen MR) is 84.2 cm³/mol. The molecule has 0 aliphatic heterocycles. The van der Waals surface area contributed by atoms with Gasteiger partial charge in [0.15, 0.2) is 0 Å². The van der Waals surface area contributed by atoms with E-state index in [-0.39, 0.29) is 5.92 Å². The second-order valence-electron chi connectivity index (χ2n) is 4.82. The lowest BCUT2D eigenvalue weighted by atomic mass is 9.90. The van der Waals surface area contributed by atoms with Gasteiger partial charge in [0, 0.05) is 16.0 Å². The van der Waals surface area contributed by atoms with Crippen molar-refractivity contribution in [3.63, 3.8) is 0 Å². The third-order valence-electron chi connectivity index (χ3n) is 2.96. The fourth-order valence-corrected chi connectivity index (χ4v) is 2.31. The third-order valence-corrected chi connectivity index (χ3v) is 3.46. The van der Waals surface area contributed by atoms with Crippen molar-refractivity contribution in [2.45, 2.75) is 19.8 Å². The number of rotatable bonds is 3. The van der Waals surface area contributed by atoms with E-state index in [2.05, 4.69) is 44.2 Å². The topological polar surface area (TPSA) is 0 Å². The smallest absolute Gasteiger partial charge is 0.0406 e. The summed E-state index contributed by atoms with van der Waals surface area (Å²) in [6.45, 7) is 4.22. The molecule has 2 rings (SSSR count). The Morgan fingerprint density at radius 2 is 1.16 bits per heavy atom. The van der Waals surface area contributed by atoms with E-state index in [4.69, 9.17) is 23.2 Å². The molecule has 0 aliphatic carbocycles. The first-order valence-electron chi connectivity index (χ1n) is 6.22. The third kappa shape index (κ3) is 3.86. The predicted octanol–water partition coefficient (Wildman–Crippen LogP) is 6.09. The van der Waals surface area contributed by atoms with E-state index in [1.807, 2.05) is 24.3 Å². The minimum atomic E-state index is 0.236. The summed E-state index contributed by atoms with van der Waals surface area (Å²) in [5.74, 6) is 0.236. The molecule has 0 unspecified atom stereocenters. The maximum absolute atomic E-state index is 5.96. The highest BCUT2D eigenvalue weighted by molar-refractivity contribution is 6.30. The summed E-state index contributed by atoms with van der Waals surface area (Å²) in [7, 11) is 0. The van der Waals surface area contributed by atoms with Gasteiger partial charge in [0.25, 0.3) is 0 Å². The second kappa shape index (κ2) is 6.27. The van der Waals surface area contributed by atoms with Gasteiger partial charge in [-0.15, -0.1) is 0 Å². The molecule has 0 saturated carbocycles. The zero-order valence-corrected chi connectivity index (χ0v) is 12.5. The molecule has 2 aromatic rings. The summed E-state index contributed by atoms with van der Waals surface area (Å²) in [5, 5.41) is 1.52. The SMILES string of the molecule is CC(C)=CC(c1ccc(Cl)cc1)c1ccc(Cl)cc1. The van der Waals surface area contributed by atoms with Crippen LogP contribution in [0.3, 0.4) is 0 Å². The quantitative estimate of drug-likeness (QED) is 0.600. The maximum Gasteiger partial charge on any atom is 0.0406 e. The Hall–Kier alpha value is -1.24. The van der Waals surface area contributed by atoms with Gasteiger partial charge in [-0.05, 0) is 49.2 Å². The van der Waals surface area contributed by atoms with Crippen molar-refractivity contribution in [1.29, 1.82) is 0 Å². The van der Waals surface area contributed by atoms with E-state index in [0.29, 0.717) is 0 Å². The Morgan fingerprint density at radius 3 is 1.47 bits per heavy atom. The molecule has 0 bridgehead atoms. The van der Waals surface area contributed by atoms with Crippen LogP contribution >= 0.6 is 23.2 Å². The summed E-state index contributed by atoms with van der Waals surface area (Å²) in [5.41, 5.74) is 3.75. The molecule has 0 aromatic heterocycles. The molecule has 0 radical (unpaired) electrons. The number of benzene rings is 2. The highest BCUT2D eigenvalue weighted by atomic mass is 35.5. The van der Waals surface area contributed by atoms with Crippen molar-refractivity contribution in [2.75, 3.05) is 0 Å². The molecule has 0 saturated heterocycles. The van der Waals surface area contributed by atoms with Crippen molar-refractivity contribution < 1.29 is 0 Å². The summed E-state index contributed by atoms with van der Waals surface area (Å²) in [6.07, 6.45) is 2.26. The van der Waals surface area contributed by atoms with Gasteiger partial charge in [-0.3, -0.25) is 0 Å². The standard InChI is InChI=1S/C17H16Cl2/c1-12(2)11-17(13-3-7-15(18)8-4-13)14-5-9-16(19)10-6-14/h3-11,17H,1-2H3. The van der Waals surface area contributed by atoms with Crippen molar-refractivity contribution in [1.82, 2.24) is 0 Å². The van der Waals surface area contributed by atoms with E-state index < -0.39 is 0 Å². The first-order valence-corrected chi connectivity index (χ1v) is 6.98. The molecule has 0 spiro atoms. The Bertz CT molecular complexity index is 516. The normalized spacial score (nSPS) is 10.6. The van der Waals surface area contributed by atoms with E-state index in [1.54, 1.807) is 0 Å². The average molecular weight is 291 g/mol. The monoisotopic (exact) mass is 290 g/mol. The number of halogens is 2. The molecule has 19 heavy (non-hydrogen) atoms. The zero-order chi connectivity index (χ0) is 13.8. The molecule has 0 fully saturated rings. The molecular formula is C17H16Cl2. The van der Waals surface area contributed by atoms with E-state index in [9.17, 15) is 0 Å². The Morgan fingerprint density at radius 1 is 0.789 bits per heavy atom. The highest BCUT2D eigenvalue weighted by Crippen LogP contribution is 2.29. The van der Waals surface area contributed by atoms with Crippen LogP contribution in [0.15, 0.2) is 60.2 Å². The zero-order valence-electron chi connectivity index (χ0n) is 11.0. The van der Waals surface area contributed by atoms with Crippen LogP contribution in [0.1, 0.15) is 30.9 Å². The number of allylic oxidation sites excluding steroid dienone is 2. The Labute approximate surface area is 124 Å². The summed E-state index contributed by atoms with van der Waals surface area (Å²) >= 11 is 11.9. The molecule has 0 amide bonds. The molecule has 98 valence electrons. The van der Waals surface area contributed by atoms with Gasteiger partial charge in [-0.25, -0.2) is 0 Å². The van der Waals surface area contributed by atoms with Gasteiger partial charge in [0.2, 0.25) is 0 Å². The number of hydrogen-bond donors (Lipinski definition) is 0. The van der Waals surface area contributed by atoms with Crippen LogP contribution in [-0.4, -0.2) is 0 Å². The average Bonchev–Trinajstić information content (AvgIpc) is 2.38. The lowest BCUT2D eigenvalue weighted by molar-refractivity contribution is 1.01. The van der Waals surface area contributed by atoms with Gasteiger partial charge in [-0.1, -0.05) is 59.1 Å². The van der Waals surface area contributed by atoms with Crippen LogP contribution in [0.5, 0.6) is 0 Å². The molecular weight excluding hydrogens is 275 g/mol. The van der Waals surface area contributed by atoms with E-state index >= 15 is 0 Å². The number of hydrogen-bond acceptors (Lipinski definition) is 0. The van der Waals surface area contributed by atoms with Crippen molar-refractivity contribution in [3.8, 4) is 0 Å². The molecule has 0 aliphatic rings.